The number of sulfonamides is 1. The molecule has 0 bridgehead atoms. The first-order chi connectivity index (χ1) is 6.78. The zero-order chi connectivity index (χ0) is 11.7. The van der Waals surface area contributed by atoms with Crippen molar-refractivity contribution in [1.29, 1.82) is 0 Å². The molecule has 1 aliphatic rings. The molecule has 15 heavy (non-hydrogen) atoms. The molecular weight excluding hydrogens is 240 g/mol. The van der Waals surface area contributed by atoms with Gasteiger partial charge in [-0.1, -0.05) is 0 Å². The van der Waals surface area contributed by atoms with Gasteiger partial charge in [0.2, 0.25) is 10.0 Å². The van der Waals surface area contributed by atoms with Gasteiger partial charge < -0.3 is 5.73 Å². The maximum Gasteiger partial charge on any atom is 0.215 e. The molecule has 0 aliphatic carbocycles. The Hall–Kier alpha value is -0.180. The maximum absolute atomic E-state index is 11.6. The van der Waals surface area contributed by atoms with Crippen LogP contribution in [0.2, 0.25) is 0 Å². The lowest BCUT2D eigenvalue weighted by Crippen LogP contribution is -2.40. The van der Waals surface area contributed by atoms with Gasteiger partial charge in [0.15, 0.2) is 9.84 Å². The van der Waals surface area contributed by atoms with Crippen molar-refractivity contribution in [1.82, 2.24) is 4.31 Å². The van der Waals surface area contributed by atoms with Crippen LogP contribution in [0.1, 0.15) is 6.42 Å². The minimum Gasteiger partial charge on any atom is -0.329 e. The molecular formula is C7H16N2O4S2. The lowest BCUT2D eigenvalue weighted by atomic mass is 10.3. The third-order valence-corrected chi connectivity index (χ3v) is 6.21. The van der Waals surface area contributed by atoms with Crippen LogP contribution in [0.5, 0.6) is 0 Å². The van der Waals surface area contributed by atoms with Gasteiger partial charge in [-0.2, -0.15) is 0 Å². The Labute approximate surface area is 90.4 Å². The predicted molar refractivity (Wildman–Crippen MR) is 57.7 cm³/mol. The number of hydrogen-bond donors (Lipinski definition) is 1. The van der Waals surface area contributed by atoms with Crippen LogP contribution in [-0.2, 0) is 19.9 Å². The fourth-order valence-electron chi connectivity index (χ4n) is 1.58. The third-order valence-electron chi connectivity index (χ3n) is 2.54. The molecule has 8 heteroatoms. The number of rotatable bonds is 4. The van der Waals surface area contributed by atoms with Crippen LogP contribution >= 0.6 is 0 Å². The third kappa shape index (κ3) is 3.13. The summed E-state index contributed by atoms with van der Waals surface area (Å²) in [5.41, 5.74) is 5.18. The van der Waals surface area contributed by atoms with E-state index in [1.54, 1.807) is 0 Å². The van der Waals surface area contributed by atoms with E-state index >= 15 is 0 Å². The Kier molecular flexibility index (Phi) is 3.75. The Bertz CT molecular complexity index is 414. The molecule has 2 N–H and O–H groups in total. The molecule has 1 fully saturated rings. The molecule has 6 nitrogen and oxygen atoms in total. The Morgan fingerprint density at radius 3 is 2.47 bits per heavy atom. The summed E-state index contributed by atoms with van der Waals surface area (Å²) in [6.07, 6.45) is 0.378. The van der Waals surface area contributed by atoms with Gasteiger partial charge in [0, 0.05) is 19.6 Å². The molecule has 1 aliphatic heterocycles. The fraction of sp³-hybridized carbons (Fsp3) is 1.00. The number of nitrogens with zero attached hydrogens (tertiary/aromatic N) is 1. The highest BCUT2D eigenvalue weighted by molar-refractivity contribution is 7.92. The molecule has 0 aromatic heterocycles. The summed E-state index contributed by atoms with van der Waals surface area (Å²) in [4.78, 5) is 0. The van der Waals surface area contributed by atoms with Crippen molar-refractivity contribution >= 4 is 19.9 Å². The van der Waals surface area contributed by atoms with E-state index in [9.17, 15) is 16.8 Å². The Balaban J connectivity index is 2.75. The number of nitrogens with two attached hydrogens (primary N) is 1. The minimum atomic E-state index is -3.40. The minimum absolute atomic E-state index is 0.0478. The van der Waals surface area contributed by atoms with Gasteiger partial charge >= 0.3 is 0 Å². The van der Waals surface area contributed by atoms with E-state index in [0.29, 0.717) is 6.42 Å². The highest BCUT2D eigenvalue weighted by Gasteiger charge is 2.35. The predicted octanol–water partition coefficient (Wildman–Crippen LogP) is -1.61. The van der Waals surface area contributed by atoms with E-state index in [0.717, 1.165) is 4.31 Å². The summed E-state index contributed by atoms with van der Waals surface area (Å²) in [5, 5.41) is 0. The standard InChI is InChI=1S/C7H16N2O4S2/c1-9(15(12,13)5-3-8)7-2-4-14(10,11)6-7/h7H,2-6,8H2,1H3. The van der Waals surface area contributed by atoms with E-state index in [-0.39, 0.29) is 23.8 Å². The molecule has 1 unspecified atom stereocenters. The summed E-state index contributed by atoms with van der Waals surface area (Å²) in [7, 11) is -5.04. The Morgan fingerprint density at radius 1 is 1.47 bits per heavy atom. The van der Waals surface area contributed by atoms with Crippen molar-refractivity contribution in [2.75, 3.05) is 30.9 Å². The number of sulfone groups is 1. The lowest BCUT2D eigenvalue weighted by molar-refractivity contribution is 0.394. The lowest BCUT2D eigenvalue weighted by Gasteiger charge is -2.22. The molecule has 0 amide bonds. The maximum atomic E-state index is 11.6. The fourth-order valence-corrected chi connectivity index (χ4v) is 4.67. The summed E-state index contributed by atoms with van der Waals surface area (Å²) >= 11 is 0. The summed E-state index contributed by atoms with van der Waals surface area (Å²) in [6, 6.07) is -0.424. The van der Waals surface area contributed by atoms with Gasteiger partial charge in [-0.3, -0.25) is 0 Å². The summed E-state index contributed by atoms with van der Waals surface area (Å²) < 4.78 is 46.7. The van der Waals surface area contributed by atoms with Crippen LogP contribution in [0.3, 0.4) is 0 Å². The van der Waals surface area contributed by atoms with Crippen LogP contribution in [0.4, 0.5) is 0 Å². The zero-order valence-corrected chi connectivity index (χ0v) is 10.2. The van der Waals surface area contributed by atoms with Crippen molar-refractivity contribution in [2.24, 2.45) is 5.73 Å². The first-order valence-electron chi connectivity index (χ1n) is 4.65. The summed E-state index contributed by atoms with van der Waals surface area (Å²) in [6.45, 7) is 0.0478. The molecule has 90 valence electrons. The largest absolute Gasteiger partial charge is 0.329 e. The van der Waals surface area contributed by atoms with E-state index in [4.69, 9.17) is 5.73 Å². The molecule has 0 aromatic rings. The molecule has 1 saturated heterocycles. The molecule has 1 atom stereocenters. The van der Waals surface area contributed by atoms with Crippen molar-refractivity contribution < 1.29 is 16.8 Å². The normalized spacial score (nSPS) is 25.9. The van der Waals surface area contributed by atoms with E-state index in [2.05, 4.69) is 0 Å². The second-order valence-corrected chi connectivity index (χ2v) is 8.05. The molecule has 0 spiro atoms. The first kappa shape index (κ1) is 12.9. The van der Waals surface area contributed by atoms with Crippen molar-refractivity contribution in [3.8, 4) is 0 Å². The molecule has 1 rings (SSSR count). The molecule has 1 heterocycles. The van der Waals surface area contributed by atoms with Crippen LogP contribution in [0.25, 0.3) is 0 Å². The highest BCUT2D eigenvalue weighted by atomic mass is 32.2. The summed E-state index contributed by atoms with van der Waals surface area (Å²) in [5.74, 6) is -0.145. The van der Waals surface area contributed by atoms with Crippen molar-refractivity contribution in [2.45, 2.75) is 12.5 Å². The van der Waals surface area contributed by atoms with Crippen molar-refractivity contribution in [3.63, 3.8) is 0 Å². The van der Waals surface area contributed by atoms with Crippen LogP contribution in [0.15, 0.2) is 0 Å². The van der Waals surface area contributed by atoms with Gasteiger partial charge in [0.1, 0.15) is 0 Å². The molecule has 0 aromatic carbocycles. The van der Waals surface area contributed by atoms with Crippen LogP contribution in [-0.4, -0.2) is 58.0 Å². The van der Waals surface area contributed by atoms with Gasteiger partial charge in [-0.05, 0) is 6.42 Å². The van der Waals surface area contributed by atoms with Crippen molar-refractivity contribution in [3.05, 3.63) is 0 Å². The quantitative estimate of drug-likeness (QED) is 0.653. The topological polar surface area (TPSA) is 97.5 Å². The monoisotopic (exact) mass is 256 g/mol. The highest BCUT2D eigenvalue weighted by Crippen LogP contribution is 2.18. The average Bonchev–Trinajstić information content (AvgIpc) is 2.44. The zero-order valence-electron chi connectivity index (χ0n) is 8.59. The second kappa shape index (κ2) is 4.36. The van der Waals surface area contributed by atoms with Gasteiger partial charge in [-0.15, -0.1) is 0 Å². The van der Waals surface area contributed by atoms with Gasteiger partial charge in [0.05, 0.1) is 17.3 Å². The smallest absolute Gasteiger partial charge is 0.215 e. The van der Waals surface area contributed by atoms with E-state index in [1.807, 2.05) is 0 Å². The van der Waals surface area contributed by atoms with Gasteiger partial charge in [-0.25, -0.2) is 21.1 Å². The first-order valence-corrected chi connectivity index (χ1v) is 8.08. The molecule has 0 radical (unpaired) electrons. The Morgan fingerprint density at radius 2 is 2.07 bits per heavy atom. The van der Waals surface area contributed by atoms with Crippen LogP contribution < -0.4 is 5.73 Å². The SMILES string of the molecule is CN(C1CCS(=O)(=O)C1)S(=O)(=O)CCN. The van der Waals surface area contributed by atoms with Crippen LogP contribution in [0, 0.1) is 0 Å². The van der Waals surface area contributed by atoms with E-state index < -0.39 is 25.9 Å². The van der Waals surface area contributed by atoms with Gasteiger partial charge in [0.25, 0.3) is 0 Å². The average molecular weight is 256 g/mol. The second-order valence-electron chi connectivity index (χ2n) is 3.68. The molecule has 0 saturated carbocycles. The number of hydrogen-bond acceptors (Lipinski definition) is 5. The van der Waals surface area contributed by atoms with E-state index in [1.165, 1.54) is 7.05 Å².